The Morgan fingerprint density at radius 2 is 1.34 bits per heavy atom. The lowest BCUT2D eigenvalue weighted by atomic mass is 10.1. The van der Waals surface area contributed by atoms with Gasteiger partial charge in [0.2, 0.25) is 0 Å². The van der Waals surface area contributed by atoms with E-state index in [2.05, 4.69) is 0 Å². The molecule has 0 saturated carbocycles. The number of aliphatic hydroxyl groups is 3. The Bertz CT molecular complexity index is 1130. The molecule has 3 unspecified atom stereocenters. The first-order chi connectivity index (χ1) is 14.9. The molecule has 0 aromatic heterocycles. The highest BCUT2D eigenvalue weighted by molar-refractivity contribution is 7.87. The average Bonchev–Trinajstić information content (AvgIpc) is 3.00. The van der Waals surface area contributed by atoms with Crippen molar-refractivity contribution in [1.82, 2.24) is 0 Å². The molecular formula is C20H24O10S2. The van der Waals surface area contributed by atoms with Gasteiger partial charge in [0.1, 0.15) is 18.3 Å². The summed E-state index contributed by atoms with van der Waals surface area (Å²) in [5.74, 6) is 0. The smallest absolute Gasteiger partial charge is 0.297 e. The maximum Gasteiger partial charge on any atom is 0.297 e. The van der Waals surface area contributed by atoms with Gasteiger partial charge < -0.3 is 20.1 Å². The second kappa shape index (κ2) is 9.53. The Morgan fingerprint density at radius 3 is 1.81 bits per heavy atom. The standard InChI is InChI=1S/C20H24O10S2/c1-12-3-7-14(8-4-12)31(24,25)29-16(11-21)18-17(22)19(20(23)28-18)30-32(26,27)15-9-5-13(2)6-10-15/h3-10,16-23H,11H2,1-2H3/t16?,17?,18-,19?,20-/m1/s1. The van der Waals surface area contributed by atoms with Crippen molar-refractivity contribution in [2.75, 3.05) is 6.61 Å². The maximum absolute atomic E-state index is 12.5. The summed E-state index contributed by atoms with van der Waals surface area (Å²) in [4.78, 5) is -0.396. The van der Waals surface area contributed by atoms with Gasteiger partial charge in [0, 0.05) is 0 Å². The highest BCUT2D eigenvalue weighted by atomic mass is 32.2. The molecule has 1 aliphatic heterocycles. The normalized spacial score (nSPS) is 25.0. The largest absolute Gasteiger partial charge is 0.394 e. The molecule has 1 saturated heterocycles. The Hall–Kier alpha value is -1.90. The van der Waals surface area contributed by atoms with Gasteiger partial charge in [0.05, 0.1) is 16.4 Å². The van der Waals surface area contributed by atoms with E-state index in [4.69, 9.17) is 13.1 Å². The number of rotatable bonds is 8. The second-order valence-electron chi connectivity index (χ2n) is 7.39. The number of aliphatic hydroxyl groups excluding tert-OH is 3. The molecule has 1 aliphatic rings. The fourth-order valence-electron chi connectivity index (χ4n) is 3.11. The number of hydrogen-bond acceptors (Lipinski definition) is 10. The zero-order valence-corrected chi connectivity index (χ0v) is 18.9. The quantitative estimate of drug-likeness (QED) is 0.439. The highest BCUT2D eigenvalue weighted by Gasteiger charge is 2.50. The third-order valence-electron chi connectivity index (χ3n) is 4.90. The lowest BCUT2D eigenvalue weighted by Crippen LogP contribution is -2.44. The van der Waals surface area contributed by atoms with E-state index in [0.717, 1.165) is 11.1 Å². The van der Waals surface area contributed by atoms with Crippen molar-refractivity contribution in [3.63, 3.8) is 0 Å². The zero-order chi connectivity index (χ0) is 23.7. The lowest BCUT2D eigenvalue weighted by Gasteiger charge is -2.24. The van der Waals surface area contributed by atoms with Crippen LogP contribution in [0.2, 0.25) is 0 Å². The van der Waals surface area contributed by atoms with Gasteiger partial charge >= 0.3 is 0 Å². The molecule has 3 N–H and O–H groups in total. The Kier molecular flexibility index (Phi) is 7.37. The molecule has 0 aliphatic carbocycles. The van der Waals surface area contributed by atoms with Crippen molar-refractivity contribution >= 4 is 20.2 Å². The van der Waals surface area contributed by atoms with Gasteiger partial charge in [0.25, 0.3) is 20.2 Å². The molecule has 176 valence electrons. The predicted molar refractivity (Wildman–Crippen MR) is 110 cm³/mol. The third-order valence-corrected chi connectivity index (χ3v) is 7.58. The van der Waals surface area contributed by atoms with E-state index in [1.807, 2.05) is 0 Å². The first kappa shape index (κ1) is 24.7. The molecule has 5 atom stereocenters. The van der Waals surface area contributed by atoms with Crippen LogP contribution in [0.5, 0.6) is 0 Å². The number of benzene rings is 2. The first-order valence-electron chi connectivity index (χ1n) is 9.57. The van der Waals surface area contributed by atoms with Crippen LogP contribution >= 0.6 is 0 Å². The van der Waals surface area contributed by atoms with Crippen molar-refractivity contribution in [3.8, 4) is 0 Å². The first-order valence-corrected chi connectivity index (χ1v) is 12.4. The fraction of sp³-hybridized carbons (Fsp3) is 0.400. The van der Waals surface area contributed by atoms with Gasteiger partial charge in [-0.15, -0.1) is 0 Å². The average molecular weight is 489 g/mol. The van der Waals surface area contributed by atoms with E-state index >= 15 is 0 Å². The number of aryl methyl sites for hydroxylation is 2. The van der Waals surface area contributed by atoms with Crippen LogP contribution in [0.15, 0.2) is 58.3 Å². The predicted octanol–water partition coefficient (Wildman–Crippen LogP) is 0.222. The molecular weight excluding hydrogens is 464 g/mol. The molecule has 2 aromatic rings. The molecule has 10 nitrogen and oxygen atoms in total. The Labute approximate surface area is 186 Å². The molecule has 3 rings (SSSR count). The fourth-order valence-corrected chi connectivity index (χ4v) is 5.26. The van der Waals surface area contributed by atoms with Crippen molar-refractivity contribution in [1.29, 1.82) is 0 Å². The molecule has 1 heterocycles. The van der Waals surface area contributed by atoms with Crippen LogP contribution in [0.4, 0.5) is 0 Å². The topological polar surface area (TPSA) is 157 Å². The van der Waals surface area contributed by atoms with E-state index in [1.165, 1.54) is 24.3 Å². The number of ether oxygens (including phenoxy) is 1. The van der Waals surface area contributed by atoms with E-state index in [1.54, 1.807) is 38.1 Å². The Balaban J connectivity index is 1.77. The molecule has 0 radical (unpaired) electrons. The maximum atomic E-state index is 12.5. The minimum Gasteiger partial charge on any atom is -0.394 e. The van der Waals surface area contributed by atoms with Gasteiger partial charge in [-0.3, -0.25) is 8.37 Å². The minimum absolute atomic E-state index is 0.190. The molecule has 32 heavy (non-hydrogen) atoms. The van der Waals surface area contributed by atoms with Gasteiger partial charge in [-0.05, 0) is 38.1 Å². The third kappa shape index (κ3) is 5.35. The van der Waals surface area contributed by atoms with Crippen molar-refractivity contribution in [2.45, 2.75) is 54.3 Å². The summed E-state index contributed by atoms with van der Waals surface area (Å²) in [6.07, 6.45) is -8.74. The van der Waals surface area contributed by atoms with E-state index in [9.17, 15) is 32.2 Å². The SMILES string of the molecule is Cc1ccc(S(=O)(=O)OC(CO)[C@H]2O[C@@H](O)C(OS(=O)(=O)c3ccc(C)cc3)C2O)cc1. The van der Waals surface area contributed by atoms with Gasteiger partial charge in [-0.1, -0.05) is 35.4 Å². The summed E-state index contributed by atoms with van der Waals surface area (Å²) < 4.78 is 65.1. The van der Waals surface area contributed by atoms with Crippen molar-refractivity contribution in [3.05, 3.63) is 59.7 Å². The minimum atomic E-state index is -4.39. The van der Waals surface area contributed by atoms with E-state index in [-0.39, 0.29) is 9.79 Å². The monoisotopic (exact) mass is 488 g/mol. The summed E-state index contributed by atoms with van der Waals surface area (Å²) >= 11 is 0. The molecule has 1 fully saturated rings. The summed E-state index contributed by atoms with van der Waals surface area (Å²) in [5, 5.41) is 30.3. The van der Waals surface area contributed by atoms with Gasteiger partial charge in [-0.2, -0.15) is 16.8 Å². The molecule has 0 spiro atoms. The number of hydrogen-bond donors (Lipinski definition) is 3. The summed E-state index contributed by atoms with van der Waals surface area (Å²) in [5.41, 5.74) is 1.63. The molecule has 0 bridgehead atoms. The van der Waals surface area contributed by atoms with Crippen LogP contribution < -0.4 is 0 Å². The Morgan fingerprint density at radius 1 is 0.875 bits per heavy atom. The lowest BCUT2D eigenvalue weighted by molar-refractivity contribution is -0.142. The van der Waals surface area contributed by atoms with Crippen LogP contribution in [0.3, 0.4) is 0 Å². The summed E-state index contributed by atoms with van der Waals surface area (Å²) in [6, 6.07) is 11.4. The highest BCUT2D eigenvalue weighted by Crippen LogP contribution is 2.30. The van der Waals surface area contributed by atoms with Crippen LogP contribution in [-0.4, -0.2) is 69.5 Å². The van der Waals surface area contributed by atoms with Gasteiger partial charge in [-0.25, -0.2) is 0 Å². The van der Waals surface area contributed by atoms with E-state index < -0.39 is 57.5 Å². The van der Waals surface area contributed by atoms with Crippen LogP contribution in [-0.2, 0) is 33.3 Å². The van der Waals surface area contributed by atoms with Crippen LogP contribution in [0, 0.1) is 13.8 Å². The summed E-state index contributed by atoms with van der Waals surface area (Å²) in [6.45, 7) is 2.62. The molecule has 2 aromatic carbocycles. The second-order valence-corrected chi connectivity index (χ2v) is 10.5. The molecule has 0 amide bonds. The van der Waals surface area contributed by atoms with Crippen LogP contribution in [0.1, 0.15) is 11.1 Å². The van der Waals surface area contributed by atoms with Crippen molar-refractivity contribution < 1.29 is 45.3 Å². The zero-order valence-electron chi connectivity index (χ0n) is 17.2. The van der Waals surface area contributed by atoms with Crippen LogP contribution in [0.25, 0.3) is 0 Å². The van der Waals surface area contributed by atoms with Crippen molar-refractivity contribution in [2.24, 2.45) is 0 Å². The van der Waals surface area contributed by atoms with E-state index in [0.29, 0.717) is 0 Å². The van der Waals surface area contributed by atoms with Gasteiger partial charge in [0.15, 0.2) is 12.4 Å². The summed E-state index contributed by atoms with van der Waals surface area (Å²) in [7, 11) is -8.74. The molecule has 12 heteroatoms.